The first-order valence-corrected chi connectivity index (χ1v) is 10.9. The van der Waals surface area contributed by atoms with Crippen LogP contribution < -0.4 is 5.73 Å². The van der Waals surface area contributed by atoms with E-state index in [9.17, 15) is 20.4 Å². The molecule has 0 amide bonds. The van der Waals surface area contributed by atoms with Gasteiger partial charge < -0.3 is 35.6 Å². The van der Waals surface area contributed by atoms with Crippen molar-refractivity contribution < 1.29 is 29.9 Å². The van der Waals surface area contributed by atoms with Crippen LogP contribution in [0.5, 0.6) is 0 Å². The van der Waals surface area contributed by atoms with Crippen molar-refractivity contribution in [3.05, 3.63) is 64.7 Å². The Bertz CT molecular complexity index is 974. The highest BCUT2D eigenvalue weighted by atomic mass is 16.5. The molecule has 2 aliphatic heterocycles. The Hall–Kier alpha value is -2.44. The predicted molar refractivity (Wildman–Crippen MR) is 119 cm³/mol. The lowest BCUT2D eigenvalue weighted by Gasteiger charge is -2.40. The summed E-state index contributed by atoms with van der Waals surface area (Å²) >= 11 is 0. The van der Waals surface area contributed by atoms with E-state index in [4.69, 9.17) is 15.2 Å². The van der Waals surface area contributed by atoms with Crippen LogP contribution in [0.2, 0.25) is 0 Å². The largest absolute Gasteiger partial charge is 0.398 e. The maximum absolute atomic E-state index is 10.4. The molecule has 0 aromatic heterocycles. The predicted octanol–water partition coefficient (Wildman–Crippen LogP) is 0.905. The summed E-state index contributed by atoms with van der Waals surface area (Å²) in [5.74, 6) is 6.31. The number of ether oxygens (including phenoxy) is 2. The van der Waals surface area contributed by atoms with Crippen molar-refractivity contribution in [1.29, 1.82) is 0 Å². The van der Waals surface area contributed by atoms with Crippen molar-refractivity contribution in [2.24, 2.45) is 0 Å². The minimum atomic E-state index is -1.42. The molecule has 2 fully saturated rings. The third-order valence-electron chi connectivity index (χ3n) is 6.04. The van der Waals surface area contributed by atoms with E-state index < -0.39 is 37.1 Å². The van der Waals surface area contributed by atoms with Gasteiger partial charge in [0.25, 0.3) is 0 Å². The van der Waals surface area contributed by atoms with Crippen LogP contribution in [0.3, 0.4) is 0 Å². The van der Waals surface area contributed by atoms with Crippen LogP contribution in [-0.4, -0.2) is 64.2 Å². The van der Waals surface area contributed by atoms with E-state index in [1.165, 1.54) is 0 Å². The second-order valence-electron chi connectivity index (χ2n) is 8.35. The van der Waals surface area contributed by atoms with E-state index in [0.29, 0.717) is 17.7 Å². The molecular formula is C25H29NO6. The average molecular weight is 440 g/mol. The Morgan fingerprint density at radius 3 is 2.47 bits per heavy atom. The van der Waals surface area contributed by atoms with Crippen LogP contribution in [-0.2, 0) is 15.9 Å². The van der Waals surface area contributed by atoms with Gasteiger partial charge >= 0.3 is 0 Å². The number of hydrogen-bond acceptors (Lipinski definition) is 7. The number of anilines is 1. The van der Waals surface area contributed by atoms with Gasteiger partial charge in [0.05, 0.1) is 6.61 Å². The Balaban J connectivity index is 1.49. The van der Waals surface area contributed by atoms with Crippen molar-refractivity contribution in [3.8, 4) is 11.8 Å². The molecule has 7 heteroatoms. The van der Waals surface area contributed by atoms with Gasteiger partial charge in [0, 0.05) is 17.9 Å². The third kappa shape index (κ3) is 4.97. The van der Waals surface area contributed by atoms with E-state index in [-0.39, 0.29) is 6.10 Å². The molecular weight excluding hydrogens is 410 g/mol. The Labute approximate surface area is 187 Å². The van der Waals surface area contributed by atoms with Crippen LogP contribution >= 0.6 is 0 Å². The fourth-order valence-electron chi connectivity index (χ4n) is 4.11. The number of aliphatic hydroxyl groups excluding tert-OH is 4. The summed E-state index contributed by atoms with van der Waals surface area (Å²) in [4.78, 5) is 0. The molecule has 2 aromatic rings. The quantitative estimate of drug-likeness (QED) is 0.354. The molecule has 4 rings (SSSR count). The summed E-state index contributed by atoms with van der Waals surface area (Å²) in [5, 5.41) is 39.9. The lowest BCUT2D eigenvalue weighted by atomic mass is 9.89. The molecule has 2 aromatic carbocycles. The standard InChI is InChI=1S/C25H29NO6/c26-20-10-8-17(25-24(30)23(29)22(28)21(14-27)32-25)13-18(20)12-16-5-3-15(4-6-16)7-9-19-2-1-11-31-19/h3-6,8,10,13,19,21-25,27-30H,1-2,11-12,14,26H2/t19?,21-,22-,23+,24-,25+/m1/s1. The van der Waals surface area contributed by atoms with E-state index in [2.05, 4.69) is 11.8 Å². The second kappa shape index (κ2) is 10.0. The molecule has 170 valence electrons. The molecule has 6 N–H and O–H groups in total. The average Bonchev–Trinajstić information content (AvgIpc) is 3.33. The monoisotopic (exact) mass is 439 g/mol. The van der Waals surface area contributed by atoms with Gasteiger partial charge in [-0.25, -0.2) is 0 Å². The van der Waals surface area contributed by atoms with Gasteiger partial charge in [-0.05, 0) is 54.2 Å². The number of aliphatic hydroxyl groups is 4. The first kappa shape index (κ1) is 22.7. The number of nitrogen functional groups attached to an aromatic ring is 1. The van der Waals surface area contributed by atoms with Gasteiger partial charge in [-0.15, -0.1) is 0 Å². The van der Waals surface area contributed by atoms with Crippen LogP contribution in [0.1, 0.15) is 41.2 Å². The Kier molecular flexibility index (Phi) is 7.11. The first-order chi connectivity index (χ1) is 15.5. The lowest BCUT2D eigenvalue weighted by molar-refractivity contribution is -0.231. The number of rotatable bonds is 4. The van der Waals surface area contributed by atoms with Crippen molar-refractivity contribution in [3.63, 3.8) is 0 Å². The van der Waals surface area contributed by atoms with Crippen molar-refractivity contribution in [2.45, 2.75) is 55.9 Å². The molecule has 0 saturated carbocycles. The maximum atomic E-state index is 10.4. The van der Waals surface area contributed by atoms with E-state index in [0.717, 1.165) is 36.1 Å². The molecule has 7 nitrogen and oxygen atoms in total. The van der Waals surface area contributed by atoms with Gasteiger partial charge in [-0.2, -0.15) is 0 Å². The number of hydrogen-bond donors (Lipinski definition) is 5. The summed E-state index contributed by atoms with van der Waals surface area (Å²) in [6.07, 6.45) is -3.35. The van der Waals surface area contributed by atoms with Crippen molar-refractivity contribution >= 4 is 5.69 Å². The molecule has 0 aliphatic carbocycles. The van der Waals surface area contributed by atoms with Gasteiger partial charge in [0.1, 0.15) is 36.6 Å². The van der Waals surface area contributed by atoms with E-state index in [1.54, 1.807) is 12.1 Å². The molecule has 2 saturated heterocycles. The topological polar surface area (TPSA) is 125 Å². The molecule has 6 atom stereocenters. The van der Waals surface area contributed by atoms with E-state index in [1.807, 2.05) is 30.3 Å². The van der Waals surface area contributed by atoms with Gasteiger partial charge in [0.2, 0.25) is 0 Å². The minimum absolute atomic E-state index is 0.0274. The smallest absolute Gasteiger partial charge is 0.118 e. The first-order valence-electron chi connectivity index (χ1n) is 10.9. The summed E-state index contributed by atoms with van der Waals surface area (Å²) < 4.78 is 11.2. The van der Waals surface area contributed by atoms with Crippen LogP contribution in [0, 0.1) is 11.8 Å². The molecule has 0 radical (unpaired) electrons. The molecule has 0 bridgehead atoms. The van der Waals surface area contributed by atoms with Crippen molar-refractivity contribution in [1.82, 2.24) is 0 Å². The Morgan fingerprint density at radius 1 is 1.00 bits per heavy atom. The highest BCUT2D eigenvalue weighted by molar-refractivity contribution is 5.51. The SMILES string of the molecule is Nc1ccc([C@@H]2O[C@H](CO)[C@@H](O)[C@H](O)[C@H]2O)cc1Cc1ccc(C#CC2CCCO2)cc1. The van der Waals surface area contributed by atoms with Crippen LogP contribution in [0.4, 0.5) is 5.69 Å². The highest BCUT2D eigenvalue weighted by Crippen LogP contribution is 2.34. The minimum Gasteiger partial charge on any atom is -0.398 e. The fourth-order valence-corrected chi connectivity index (χ4v) is 4.11. The molecule has 0 spiro atoms. The molecule has 1 unspecified atom stereocenters. The lowest BCUT2D eigenvalue weighted by Crippen LogP contribution is -2.55. The van der Waals surface area contributed by atoms with Gasteiger partial charge in [-0.3, -0.25) is 0 Å². The van der Waals surface area contributed by atoms with Crippen molar-refractivity contribution in [2.75, 3.05) is 18.9 Å². The summed E-state index contributed by atoms with van der Waals surface area (Å²) in [5.41, 5.74) is 10.2. The zero-order valence-corrected chi connectivity index (χ0v) is 17.7. The molecule has 32 heavy (non-hydrogen) atoms. The highest BCUT2D eigenvalue weighted by Gasteiger charge is 2.44. The van der Waals surface area contributed by atoms with Gasteiger partial charge in [-0.1, -0.05) is 36.1 Å². The summed E-state index contributed by atoms with van der Waals surface area (Å²) in [6.45, 7) is 0.313. The fraction of sp³-hybridized carbons (Fsp3) is 0.440. The summed E-state index contributed by atoms with van der Waals surface area (Å²) in [7, 11) is 0. The molecule has 2 aliphatic rings. The zero-order valence-electron chi connectivity index (χ0n) is 17.7. The number of nitrogens with two attached hydrogens (primary N) is 1. The van der Waals surface area contributed by atoms with Crippen LogP contribution in [0.15, 0.2) is 42.5 Å². The zero-order chi connectivity index (χ0) is 22.7. The number of benzene rings is 2. The van der Waals surface area contributed by atoms with Gasteiger partial charge in [0.15, 0.2) is 0 Å². The molecule has 2 heterocycles. The second-order valence-corrected chi connectivity index (χ2v) is 8.35. The van der Waals surface area contributed by atoms with Crippen LogP contribution in [0.25, 0.3) is 0 Å². The third-order valence-corrected chi connectivity index (χ3v) is 6.04. The van der Waals surface area contributed by atoms with E-state index >= 15 is 0 Å². The Morgan fingerprint density at radius 2 is 1.78 bits per heavy atom. The maximum Gasteiger partial charge on any atom is 0.118 e. The summed E-state index contributed by atoms with van der Waals surface area (Å²) in [6, 6.07) is 13.2. The normalized spacial score (nSPS) is 30.0.